The third-order valence-corrected chi connectivity index (χ3v) is 3.98. The van der Waals surface area contributed by atoms with E-state index in [1.165, 1.54) is 0 Å². The van der Waals surface area contributed by atoms with Gasteiger partial charge in [-0.1, -0.05) is 0 Å². The minimum absolute atomic E-state index is 0.112. The Hall–Kier alpha value is -1.16. The lowest BCUT2D eigenvalue weighted by molar-refractivity contribution is -0.101. The van der Waals surface area contributed by atoms with Gasteiger partial charge in [-0.15, -0.1) is 0 Å². The second kappa shape index (κ2) is 5.68. The van der Waals surface area contributed by atoms with Gasteiger partial charge >= 0.3 is 0 Å². The van der Waals surface area contributed by atoms with Gasteiger partial charge in [0.25, 0.3) is 0 Å². The van der Waals surface area contributed by atoms with Crippen LogP contribution < -0.4 is 4.90 Å². The lowest BCUT2D eigenvalue weighted by Crippen LogP contribution is -2.54. The van der Waals surface area contributed by atoms with Gasteiger partial charge in [0.1, 0.15) is 6.07 Å². The molecular formula is C14H16BrFN2O2. The predicted molar refractivity (Wildman–Crippen MR) is 77.1 cm³/mol. The second-order valence-corrected chi connectivity index (χ2v) is 6.23. The topological polar surface area (TPSA) is 56.5 Å². The van der Waals surface area contributed by atoms with Crippen LogP contribution in [-0.4, -0.2) is 36.5 Å². The highest BCUT2D eigenvalue weighted by Crippen LogP contribution is 2.32. The molecule has 1 aliphatic heterocycles. The third-order valence-electron chi connectivity index (χ3n) is 3.21. The van der Waals surface area contributed by atoms with Crippen LogP contribution in [0.25, 0.3) is 0 Å². The van der Waals surface area contributed by atoms with Gasteiger partial charge in [-0.05, 0) is 41.9 Å². The van der Waals surface area contributed by atoms with Crippen molar-refractivity contribution in [3.05, 3.63) is 28.0 Å². The summed E-state index contributed by atoms with van der Waals surface area (Å²) in [6.45, 7) is 4.61. The van der Waals surface area contributed by atoms with Crippen molar-refractivity contribution in [1.29, 1.82) is 5.26 Å². The van der Waals surface area contributed by atoms with Gasteiger partial charge in [0.15, 0.2) is 5.82 Å². The summed E-state index contributed by atoms with van der Waals surface area (Å²) >= 11 is 3.11. The number of nitrogens with zero attached hydrogens (tertiary/aromatic N) is 2. The number of anilines is 1. The van der Waals surface area contributed by atoms with Crippen molar-refractivity contribution in [1.82, 2.24) is 0 Å². The smallest absolute Gasteiger partial charge is 0.161 e. The van der Waals surface area contributed by atoms with Crippen molar-refractivity contribution >= 4 is 21.6 Å². The maximum absolute atomic E-state index is 14.4. The lowest BCUT2D eigenvalue weighted by Gasteiger charge is -2.43. The van der Waals surface area contributed by atoms with E-state index in [2.05, 4.69) is 15.9 Å². The van der Waals surface area contributed by atoms with E-state index in [0.717, 1.165) is 0 Å². The second-order valence-electron chi connectivity index (χ2n) is 5.43. The van der Waals surface area contributed by atoms with E-state index in [9.17, 15) is 9.50 Å². The summed E-state index contributed by atoms with van der Waals surface area (Å²) in [7, 11) is 0. The molecule has 1 N–H and O–H groups in total. The first kappa shape index (κ1) is 15.2. The van der Waals surface area contributed by atoms with Crippen LogP contribution in [0, 0.1) is 17.1 Å². The summed E-state index contributed by atoms with van der Waals surface area (Å²) in [5.74, 6) is -0.460. The number of hydrogen-bond donors (Lipinski definition) is 1. The van der Waals surface area contributed by atoms with Crippen LogP contribution in [0.1, 0.15) is 19.4 Å². The molecule has 4 nitrogen and oxygen atoms in total. The molecule has 20 heavy (non-hydrogen) atoms. The molecule has 1 aliphatic rings. The monoisotopic (exact) mass is 342 g/mol. The van der Waals surface area contributed by atoms with Crippen LogP contribution in [0.4, 0.5) is 10.1 Å². The standard InChI is InChI=1S/C14H16BrFN2O2/c1-14(2)8-18(6-10(7-19)20-14)11-4-3-9(5-17)12(15)13(11)16/h3-4,10,19H,6-8H2,1-2H3. The number of ether oxygens (including phenoxy) is 1. The molecule has 0 aromatic heterocycles. The molecule has 1 fully saturated rings. The molecule has 0 spiro atoms. The largest absolute Gasteiger partial charge is 0.394 e. The first-order chi connectivity index (χ1) is 9.38. The summed E-state index contributed by atoms with van der Waals surface area (Å²) in [6.07, 6.45) is -0.354. The molecule has 0 aliphatic carbocycles. The molecule has 1 saturated heterocycles. The number of halogens is 2. The SMILES string of the molecule is CC1(C)CN(c2ccc(C#N)c(Br)c2F)CC(CO)O1. The zero-order valence-electron chi connectivity index (χ0n) is 11.4. The number of benzene rings is 1. The average Bonchev–Trinajstić information content (AvgIpc) is 2.39. The molecule has 1 heterocycles. The highest BCUT2D eigenvalue weighted by molar-refractivity contribution is 9.10. The fourth-order valence-electron chi connectivity index (χ4n) is 2.44. The van der Waals surface area contributed by atoms with Crippen LogP contribution in [-0.2, 0) is 4.74 Å². The normalized spacial score (nSPS) is 21.6. The molecule has 1 unspecified atom stereocenters. The van der Waals surface area contributed by atoms with Gasteiger partial charge < -0.3 is 14.7 Å². The minimum atomic E-state index is -0.474. The molecule has 0 bridgehead atoms. The molecule has 108 valence electrons. The highest BCUT2D eigenvalue weighted by atomic mass is 79.9. The Labute approximate surface area is 125 Å². The Bertz CT molecular complexity index is 557. The lowest BCUT2D eigenvalue weighted by atomic mass is 10.0. The Kier molecular flexibility index (Phi) is 4.33. The van der Waals surface area contributed by atoms with E-state index in [4.69, 9.17) is 10.00 Å². The van der Waals surface area contributed by atoms with Crippen molar-refractivity contribution in [2.75, 3.05) is 24.6 Å². The summed E-state index contributed by atoms with van der Waals surface area (Å²) in [5, 5.41) is 18.2. The first-order valence-electron chi connectivity index (χ1n) is 6.29. The van der Waals surface area contributed by atoms with Crippen molar-refractivity contribution < 1.29 is 14.2 Å². The van der Waals surface area contributed by atoms with Gasteiger partial charge in [0.2, 0.25) is 0 Å². The Morgan fingerprint density at radius 3 is 2.90 bits per heavy atom. The van der Waals surface area contributed by atoms with Crippen LogP contribution in [0.5, 0.6) is 0 Å². The Balaban J connectivity index is 2.36. The third kappa shape index (κ3) is 2.95. The molecule has 1 atom stereocenters. The van der Waals surface area contributed by atoms with E-state index in [1.54, 1.807) is 12.1 Å². The summed E-state index contributed by atoms with van der Waals surface area (Å²) in [4.78, 5) is 1.84. The Morgan fingerprint density at radius 2 is 2.30 bits per heavy atom. The number of aliphatic hydroxyl groups is 1. The molecule has 1 aromatic carbocycles. The maximum atomic E-state index is 14.4. The molecule has 0 radical (unpaired) electrons. The van der Waals surface area contributed by atoms with Gasteiger partial charge in [-0.3, -0.25) is 0 Å². The van der Waals surface area contributed by atoms with Crippen LogP contribution in [0.3, 0.4) is 0 Å². The van der Waals surface area contributed by atoms with Crippen LogP contribution in [0.2, 0.25) is 0 Å². The van der Waals surface area contributed by atoms with Crippen LogP contribution in [0.15, 0.2) is 16.6 Å². The van der Waals surface area contributed by atoms with Gasteiger partial charge in [-0.2, -0.15) is 5.26 Å². The van der Waals surface area contributed by atoms with Crippen molar-refractivity contribution in [3.63, 3.8) is 0 Å². The van der Waals surface area contributed by atoms with Crippen molar-refractivity contribution in [2.24, 2.45) is 0 Å². The fourth-order valence-corrected chi connectivity index (χ4v) is 2.87. The van der Waals surface area contributed by atoms with E-state index in [-0.39, 0.29) is 22.7 Å². The van der Waals surface area contributed by atoms with E-state index >= 15 is 0 Å². The summed E-state index contributed by atoms with van der Waals surface area (Å²) < 4.78 is 20.3. The molecule has 0 amide bonds. The average molecular weight is 343 g/mol. The van der Waals surface area contributed by atoms with Crippen LogP contribution >= 0.6 is 15.9 Å². The van der Waals surface area contributed by atoms with Crippen molar-refractivity contribution in [2.45, 2.75) is 25.6 Å². The predicted octanol–water partition coefficient (Wildman–Crippen LogP) is 2.44. The Morgan fingerprint density at radius 1 is 1.60 bits per heavy atom. The first-order valence-corrected chi connectivity index (χ1v) is 7.09. The van der Waals surface area contributed by atoms with E-state index in [1.807, 2.05) is 24.8 Å². The number of nitriles is 1. The molecule has 1 aromatic rings. The number of morpholine rings is 1. The van der Waals surface area contributed by atoms with E-state index < -0.39 is 11.4 Å². The summed E-state index contributed by atoms with van der Waals surface area (Å²) in [6, 6.07) is 5.11. The number of hydrogen-bond acceptors (Lipinski definition) is 4. The zero-order valence-corrected chi connectivity index (χ0v) is 12.9. The van der Waals surface area contributed by atoms with E-state index in [0.29, 0.717) is 18.8 Å². The number of rotatable bonds is 2. The van der Waals surface area contributed by atoms with Gasteiger partial charge in [0.05, 0.1) is 34.0 Å². The number of aliphatic hydroxyl groups excluding tert-OH is 1. The van der Waals surface area contributed by atoms with Crippen molar-refractivity contribution in [3.8, 4) is 6.07 Å². The minimum Gasteiger partial charge on any atom is -0.394 e. The molecule has 0 saturated carbocycles. The van der Waals surface area contributed by atoms with Gasteiger partial charge in [0, 0.05) is 13.1 Å². The summed E-state index contributed by atoms with van der Waals surface area (Å²) in [5.41, 5.74) is 0.196. The quantitative estimate of drug-likeness (QED) is 0.896. The molecular weight excluding hydrogens is 327 g/mol. The van der Waals surface area contributed by atoms with Gasteiger partial charge in [-0.25, -0.2) is 4.39 Å². The fraction of sp³-hybridized carbons (Fsp3) is 0.500. The molecule has 2 rings (SSSR count). The highest BCUT2D eigenvalue weighted by Gasteiger charge is 2.34. The maximum Gasteiger partial charge on any atom is 0.161 e. The zero-order chi connectivity index (χ0) is 14.9. The molecule has 6 heteroatoms.